The molecule has 4 nitrogen and oxygen atoms in total. The molecule has 0 aliphatic rings. The van der Waals surface area contributed by atoms with Gasteiger partial charge in [0.15, 0.2) is 0 Å². The van der Waals surface area contributed by atoms with Gasteiger partial charge in [-0.05, 0) is 35.9 Å². The monoisotopic (exact) mass is 311 g/mol. The van der Waals surface area contributed by atoms with Crippen molar-refractivity contribution in [2.45, 2.75) is 6.54 Å². The number of para-hydroxylation sites is 2. The van der Waals surface area contributed by atoms with Crippen LogP contribution in [0.15, 0.2) is 54.6 Å². The van der Waals surface area contributed by atoms with Crippen molar-refractivity contribution >= 4 is 34.6 Å². The number of nitrogens with one attached hydrogen (secondary N) is 2. The zero-order valence-electron chi connectivity index (χ0n) is 11.7. The van der Waals surface area contributed by atoms with Crippen LogP contribution in [-0.2, 0) is 11.3 Å². The van der Waals surface area contributed by atoms with Crippen molar-refractivity contribution in [3.63, 3.8) is 0 Å². The highest BCUT2D eigenvalue weighted by Gasteiger charge is 2.02. The second-order valence-electron chi connectivity index (χ2n) is 4.80. The predicted octanol–water partition coefficient (Wildman–Crippen LogP) is 3.55. The summed E-state index contributed by atoms with van der Waals surface area (Å²) >= 11 is 5.81. The third kappa shape index (κ3) is 3.54. The summed E-state index contributed by atoms with van der Waals surface area (Å²) in [6, 6.07) is 15.0. The van der Waals surface area contributed by atoms with Gasteiger partial charge in [-0.25, -0.2) is 4.98 Å². The first-order valence-corrected chi connectivity index (χ1v) is 7.23. The maximum atomic E-state index is 11.8. The van der Waals surface area contributed by atoms with Gasteiger partial charge in [0.1, 0.15) is 5.82 Å². The van der Waals surface area contributed by atoms with E-state index in [1.165, 1.54) is 6.08 Å². The number of carbonyl (C=O) groups excluding carboxylic acids is 1. The highest BCUT2D eigenvalue weighted by molar-refractivity contribution is 6.30. The zero-order valence-corrected chi connectivity index (χ0v) is 12.5. The third-order valence-electron chi connectivity index (χ3n) is 3.17. The minimum atomic E-state index is -0.171. The summed E-state index contributed by atoms with van der Waals surface area (Å²) in [5, 5.41) is 3.47. The van der Waals surface area contributed by atoms with E-state index < -0.39 is 0 Å². The lowest BCUT2D eigenvalue weighted by atomic mass is 10.2. The first-order chi connectivity index (χ1) is 10.7. The molecular formula is C17H14ClN3O. The lowest BCUT2D eigenvalue weighted by Gasteiger charge is -1.98. The van der Waals surface area contributed by atoms with Crippen LogP contribution in [0.25, 0.3) is 17.1 Å². The Morgan fingerprint density at radius 2 is 1.95 bits per heavy atom. The summed E-state index contributed by atoms with van der Waals surface area (Å²) in [4.78, 5) is 19.4. The van der Waals surface area contributed by atoms with Crippen LogP contribution < -0.4 is 5.32 Å². The van der Waals surface area contributed by atoms with Gasteiger partial charge in [0.2, 0.25) is 5.91 Å². The molecule has 0 spiro atoms. The fourth-order valence-electron chi connectivity index (χ4n) is 2.06. The first-order valence-electron chi connectivity index (χ1n) is 6.86. The summed E-state index contributed by atoms with van der Waals surface area (Å²) < 4.78 is 0. The highest BCUT2D eigenvalue weighted by atomic mass is 35.5. The van der Waals surface area contributed by atoms with Crippen LogP contribution in [-0.4, -0.2) is 15.9 Å². The van der Waals surface area contributed by atoms with Gasteiger partial charge < -0.3 is 10.3 Å². The molecule has 0 saturated carbocycles. The quantitative estimate of drug-likeness (QED) is 0.724. The van der Waals surface area contributed by atoms with Gasteiger partial charge in [0, 0.05) is 11.1 Å². The fourth-order valence-corrected chi connectivity index (χ4v) is 2.19. The van der Waals surface area contributed by atoms with Gasteiger partial charge in [-0.15, -0.1) is 0 Å². The lowest BCUT2D eigenvalue weighted by molar-refractivity contribution is -0.116. The Morgan fingerprint density at radius 3 is 2.73 bits per heavy atom. The molecule has 110 valence electrons. The number of imidazole rings is 1. The number of halogens is 1. The van der Waals surface area contributed by atoms with Crippen molar-refractivity contribution in [3.05, 3.63) is 71.0 Å². The highest BCUT2D eigenvalue weighted by Crippen LogP contribution is 2.11. The van der Waals surface area contributed by atoms with Gasteiger partial charge in [-0.1, -0.05) is 35.9 Å². The van der Waals surface area contributed by atoms with Crippen molar-refractivity contribution in [1.82, 2.24) is 15.3 Å². The summed E-state index contributed by atoms with van der Waals surface area (Å²) in [7, 11) is 0. The summed E-state index contributed by atoms with van der Waals surface area (Å²) in [6.07, 6.45) is 3.23. The number of hydrogen-bond acceptors (Lipinski definition) is 2. The smallest absolute Gasteiger partial charge is 0.244 e. The average molecular weight is 312 g/mol. The van der Waals surface area contributed by atoms with Crippen molar-refractivity contribution < 1.29 is 4.79 Å². The van der Waals surface area contributed by atoms with Crippen LogP contribution >= 0.6 is 11.6 Å². The number of benzene rings is 2. The molecule has 0 aliphatic heterocycles. The van der Waals surface area contributed by atoms with Crippen molar-refractivity contribution in [1.29, 1.82) is 0 Å². The molecule has 0 radical (unpaired) electrons. The lowest BCUT2D eigenvalue weighted by Crippen LogP contribution is -2.20. The number of hydrogen-bond donors (Lipinski definition) is 2. The zero-order chi connectivity index (χ0) is 15.4. The molecule has 1 aromatic heterocycles. The molecule has 0 saturated heterocycles. The molecule has 0 bridgehead atoms. The number of H-pyrrole nitrogens is 1. The van der Waals surface area contributed by atoms with E-state index in [4.69, 9.17) is 11.6 Å². The number of rotatable bonds is 4. The minimum Gasteiger partial charge on any atom is -0.345 e. The van der Waals surface area contributed by atoms with E-state index in [0.29, 0.717) is 11.6 Å². The number of nitrogens with zero attached hydrogens (tertiary/aromatic N) is 1. The second kappa shape index (κ2) is 6.45. The molecular weight excluding hydrogens is 298 g/mol. The van der Waals surface area contributed by atoms with Crippen LogP contribution in [0.5, 0.6) is 0 Å². The van der Waals surface area contributed by atoms with Gasteiger partial charge in [0.05, 0.1) is 17.6 Å². The van der Waals surface area contributed by atoms with Gasteiger partial charge >= 0.3 is 0 Å². The Bertz CT molecular complexity index is 788. The second-order valence-corrected chi connectivity index (χ2v) is 5.24. The average Bonchev–Trinajstić information content (AvgIpc) is 2.95. The van der Waals surface area contributed by atoms with E-state index in [2.05, 4.69) is 15.3 Å². The maximum Gasteiger partial charge on any atom is 0.244 e. The molecule has 22 heavy (non-hydrogen) atoms. The normalized spacial score (nSPS) is 11.1. The van der Waals surface area contributed by atoms with Gasteiger partial charge in [-0.3, -0.25) is 4.79 Å². The fraction of sp³-hybridized carbons (Fsp3) is 0.0588. The van der Waals surface area contributed by atoms with E-state index in [9.17, 15) is 4.79 Å². The summed E-state index contributed by atoms with van der Waals surface area (Å²) in [5.74, 6) is 0.560. The van der Waals surface area contributed by atoms with Crippen LogP contribution in [0.3, 0.4) is 0 Å². The Morgan fingerprint density at radius 1 is 1.18 bits per heavy atom. The standard InChI is InChI=1S/C17H14ClN3O/c18-13-8-5-12(6-9-13)7-10-17(22)19-11-16-20-14-3-1-2-4-15(14)21-16/h1-10H,11H2,(H,19,22)(H,20,21)/b10-7+. The largest absolute Gasteiger partial charge is 0.345 e. The number of amides is 1. The molecule has 0 aliphatic carbocycles. The third-order valence-corrected chi connectivity index (χ3v) is 3.42. The van der Waals surface area contributed by atoms with Crippen LogP contribution in [0.2, 0.25) is 5.02 Å². The molecule has 0 unspecified atom stereocenters. The molecule has 0 atom stereocenters. The molecule has 3 rings (SSSR count). The molecule has 3 aromatic rings. The van der Waals surface area contributed by atoms with Crippen LogP contribution in [0.4, 0.5) is 0 Å². The Balaban J connectivity index is 1.58. The maximum absolute atomic E-state index is 11.8. The molecule has 5 heteroatoms. The van der Waals surface area contributed by atoms with Crippen LogP contribution in [0.1, 0.15) is 11.4 Å². The van der Waals surface area contributed by atoms with E-state index in [1.807, 2.05) is 36.4 Å². The summed E-state index contributed by atoms with van der Waals surface area (Å²) in [6.45, 7) is 0.360. The molecule has 1 heterocycles. The molecule has 0 fully saturated rings. The number of aromatic amines is 1. The molecule has 2 N–H and O–H groups in total. The Labute approximate surface area is 132 Å². The molecule has 2 aromatic carbocycles. The first kappa shape index (κ1) is 14.4. The number of carbonyl (C=O) groups is 1. The number of fused-ring (bicyclic) bond motifs is 1. The van der Waals surface area contributed by atoms with Crippen LogP contribution in [0, 0.1) is 0 Å². The van der Waals surface area contributed by atoms with E-state index in [-0.39, 0.29) is 5.91 Å². The van der Waals surface area contributed by atoms with Gasteiger partial charge in [-0.2, -0.15) is 0 Å². The summed E-state index contributed by atoms with van der Waals surface area (Å²) in [5.41, 5.74) is 2.77. The van der Waals surface area contributed by atoms with Crippen molar-refractivity contribution in [2.24, 2.45) is 0 Å². The topological polar surface area (TPSA) is 57.8 Å². The van der Waals surface area contributed by atoms with E-state index >= 15 is 0 Å². The SMILES string of the molecule is O=C(/C=C/c1ccc(Cl)cc1)NCc1nc2ccccc2[nH]1. The Hall–Kier alpha value is -2.59. The van der Waals surface area contributed by atoms with Crippen molar-refractivity contribution in [2.75, 3.05) is 0 Å². The van der Waals surface area contributed by atoms with Gasteiger partial charge in [0.25, 0.3) is 0 Å². The Kier molecular flexibility index (Phi) is 4.21. The predicted molar refractivity (Wildman–Crippen MR) is 88.4 cm³/mol. The minimum absolute atomic E-state index is 0.171. The molecule has 1 amide bonds. The van der Waals surface area contributed by atoms with E-state index in [1.54, 1.807) is 18.2 Å². The number of aromatic nitrogens is 2. The van der Waals surface area contributed by atoms with Crippen molar-refractivity contribution in [3.8, 4) is 0 Å². The van der Waals surface area contributed by atoms with E-state index in [0.717, 1.165) is 22.4 Å².